The molecule has 1 heterocycles. The van der Waals surface area contributed by atoms with E-state index in [1.165, 1.54) is 24.2 Å². The smallest absolute Gasteiger partial charge is 0.250 e. The zero-order valence-corrected chi connectivity index (χ0v) is 19.0. The predicted molar refractivity (Wildman–Crippen MR) is 119 cm³/mol. The highest BCUT2D eigenvalue weighted by Gasteiger charge is 2.60. The van der Waals surface area contributed by atoms with Crippen LogP contribution in [0, 0.1) is 22.6 Å². The van der Waals surface area contributed by atoms with Gasteiger partial charge in [0.05, 0.1) is 11.3 Å². The van der Waals surface area contributed by atoms with Crippen LogP contribution in [0.3, 0.4) is 0 Å². The van der Waals surface area contributed by atoms with Gasteiger partial charge < -0.3 is 0 Å². The number of rotatable bonds is 6. The van der Waals surface area contributed by atoms with Gasteiger partial charge in [-0.1, -0.05) is 44.7 Å². The van der Waals surface area contributed by atoms with Gasteiger partial charge in [-0.15, -0.1) is 10.2 Å². The molecule has 0 saturated heterocycles. The Hall–Kier alpha value is -2.22. The largest absolute Gasteiger partial charge is 0.299 e. The molecule has 1 amide bonds. The van der Waals surface area contributed by atoms with Crippen molar-refractivity contribution in [1.29, 1.82) is 0 Å². The number of carbonyl (C=O) groups excluding carboxylic acids is 1. The molecule has 3 aliphatic rings. The summed E-state index contributed by atoms with van der Waals surface area (Å²) in [6.07, 6.45) is 5.38. The lowest BCUT2D eigenvalue weighted by molar-refractivity contribution is -0.118. The highest BCUT2D eigenvalue weighted by Crippen LogP contribution is 2.63. The summed E-state index contributed by atoms with van der Waals surface area (Å²) in [5.41, 5.74) is 4.63. The molecule has 3 saturated carbocycles. The van der Waals surface area contributed by atoms with Crippen molar-refractivity contribution in [2.45, 2.75) is 64.1 Å². The van der Waals surface area contributed by atoms with Crippen LogP contribution < -0.4 is 5.43 Å². The van der Waals surface area contributed by atoms with Crippen LogP contribution >= 0.6 is 11.8 Å². The number of aromatic nitrogens is 3. The molecular formula is C23H28FN5OS. The van der Waals surface area contributed by atoms with Crippen molar-refractivity contribution in [2.24, 2.45) is 21.8 Å². The molecule has 0 spiro atoms. The van der Waals surface area contributed by atoms with Gasteiger partial charge in [-0.3, -0.25) is 9.36 Å². The van der Waals surface area contributed by atoms with Crippen molar-refractivity contribution in [3.63, 3.8) is 0 Å². The minimum Gasteiger partial charge on any atom is -0.299 e. The number of amides is 1. The summed E-state index contributed by atoms with van der Waals surface area (Å²) in [6.45, 7) is 6.92. The minimum absolute atomic E-state index is 0.0683. The van der Waals surface area contributed by atoms with Crippen LogP contribution in [0.5, 0.6) is 0 Å². The Bertz CT molecular complexity index is 1060. The highest BCUT2D eigenvalue weighted by atomic mass is 32.2. The maximum Gasteiger partial charge on any atom is 0.250 e. The Morgan fingerprint density at radius 2 is 2.03 bits per heavy atom. The number of fused-ring (bicyclic) bond motifs is 2. The Balaban J connectivity index is 1.27. The first kappa shape index (κ1) is 20.7. The molecule has 31 heavy (non-hydrogen) atoms. The third kappa shape index (κ3) is 3.39. The van der Waals surface area contributed by atoms with Crippen molar-refractivity contribution >= 4 is 23.4 Å². The van der Waals surface area contributed by atoms with E-state index in [-0.39, 0.29) is 34.3 Å². The van der Waals surface area contributed by atoms with Crippen molar-refractivity contribution < 1.29 is 9.18 Å². The normalized spacial score (nSPS) is 27.7. The fourth-order valence-corrected chi connectivity index (χ4v) is 6.05. The van der Waals surface area contributed by atoms with Crippen molar-refractivity contribution in [2.75, 3.05) is 5.75 Å². The molecule has 8 heteroatoms. The van der Waals surface area contributed by atoms with Crippen LogP contribution in [-0.4, -0.2) is 32.1 Å². The highest BCUT2D eigenvalue weighted by molar-refractivity contribution is 7.99. The number of nitrogens with one attached hydrogen (secondary N) is 1. The molecule has 1 aromatic heterocycles. The third-order valence-corrected chi connectivity index (χ3v) is 8.79. The third-order valence-electron chi connectivity index (χ3n) is 7.85. The summed E-state index contributed by atoms with van der Waals surface area (Å²) in [7, 11) is 0. The molecular weight excluding hydrogens is 413 g/mol. The molecule has 2 atom stereocenters. The van der Waals surface area contributed by atoms with Gasteiger partial charge in [0.15, 0.2) is 11.0 Å². The van der Waals surface area contributed by atoms with Crippen LogP contribution in [0.15, 0.2) is 34.5 Å². The first-order chi connectivity index (χ1) is 14.8. The van der Waals surface area contributed by atoms with Crippen LogP contribution in [-0.2, 0) is 4.79 Å². The van der Waals surface area contributed by atoms with Crippen molar-refractivity contribution in [1.82, 2.24) is 20.2 Å². The molecule has 5 rings (SSSR count). The van der Waals surface area contributed by atoms with Gasteiger partial charge in [0, 0.05) is 17.2 Å². The average molecular weight is 442 g/mol. The number of hydrogen-bond acceptors (Lipinski definition) is 5. The monoisotopic (exact) mass is 441 g/mol. The lowest BCUT2D eigenvalue weighted by atomic mass is 9.70. The molecule has 164 valence electrons. The molecule has 3 aliphatic carbocycles. The number of nitrogens with zero attached hydrogens (tertiary/aromatic N) is 4. The second-order valence-corrected chi connectivity index (χ2v) is 10.7. The van der Waals surface area contributed by atoms with Crippen LogP contribution in [0.1, 0.15) is 58.9 Å². The molecule has 2 aromatic rings. The number of halogens is 1. The van der Waals surface area contributed by atoms with Gasteiger partial charge in [-0.05, 0) is 55.6 Å². The van der Waals surface area contributed by atoms with Gasteiger partial charge in [0.2, 0.25) is 0 Å². The summed E-state index contributed by atoms with van der Waals surface area (Å²) in [4.78, 5) is 12.5. The zero-order chi connectivity index (χ0) is 21.8. The van der Waals surface area contributed by atoms with E-state index < -0.39 is 0 Å². The molecule has 6 nitrogen and oxygen atoms in total. The standard InChI is InChI=1S/C23H28FN5OS/c1-22(2)14-10-11-23(22,3)18(12-14)25-26-19(30)13-31-21-28-27-20(29(21)15-8-9-15)16-6-4-5-7-17(16)24/h4-7,14-15H,8-13H2,1-3H3,(H,26,30)/b25-18-. The molecule has 0 aliphatic heterocycles. The van der Waals surface area contributed by atoms with E-state index in [4.69, 9.17) is 0 Å². The maximum absolute atomic E-state index is 14.3. The van der Waals surface area contributed by atoms with Gasteiger partial charge in [-0.2, -0.15) is 5.10 Å². The molecule has 3 fully saturated rings. The predicted octanol–water partition coefficient (Wildman–Crippen LogP) is 4.83. The summed E-state index contributed by atoms with van der Waals surface area (Å²) in [5.74, 6) is 0.906. The van der Waals surface area contributed by atoms with E-state index in [1.807, 2.05) is 4.57 Å². The summed E-state index contributed by atoms with van der Waals surface area (Å²) in [5, 5.41) is 13.7. The van der Waals surface area contributed by atoms with Crippen LogP contribution in [0.2, 0.25) is 0 Å². The maximum atomic E-state index is 14.3. The van der Waals surface area contributed by atoms with Gasteiger partial charge in [0.25, 0.3) is 5.91 Å². The van der Waals surface area contributed by atoms with Crippen molar-refractivity contribution in [3.05, 3.63) is 30.1 Å². The van der Waals surface area contributed by atoms with E-state index >= 15 is 0 Å². The molecule has 1 N–H and O–H groups in total. The van der Waals surface area contributed by atoms with Crippen molar-refractivity contribution in [3.8, 4) is 11.4 Å². The number of carbonyl (C=O) groups is 1. The quantitative estimate of drug-likeness (QED) is 0.515. The first-order valence-electron chi connectivity index (χ1n) is 11.0. The second kappa shape index (κ2) is 7.43. The van der Waals surface area contributed by atoms with E-state index in [9.17, 15) is 9.18 Å². The van der Waals surface area contributed by atoms with E-state index in [2.05, 4.69) is 41.5 Å². The van der Waals surface area contributed by atoms with E-state index in [0.717, 1.165) is 31.4 Å². The second-order valence-electron chi connectivity index (χ2n) is 9.76. The van der Waals surface area contributed by atoms with Gasteiger partial charge in [0.1, 0.15) is 5.82 Å². The number of benzene rings is 1. The zero-order valence-electron chi connectivity index (χ0n) is 18.2. The average Bonchev–Trinajstić information content (AvgIpc) is 3.41. The van der Waals surface area contributed by atoms with Crippen LogP contribution in [0.4, 0.5) is 4.39 Å². The molecule has 2 bridgehead atoms. The summed E-state index contributed by atoms with van der Waals surface area (Å²) < 4.78 is 16.3. The van der Waals surface area contributed by atoms with Gasteiger partial charge in [-0.25, -0.2) is 9.82 Å². The fraction of sp³-hybridized carbons (Fsp3) is 0.565. The Morgan fingerprint density at radius 3 is 2.68 bits per heavy atom. The fourth-order valence-electron chi connectivity index (χ4n) is 5.25. The number of hydrogen-bond donors (Lipinski definition) is 1. The topological polar surface area (TPSA) is 72.2 Å². The van der Waals surface area contributed by atoms with Gasteiger partial charge >= 0.3 is 0 Å². The SMILES string of the molecule is CC12CCC(C/C1=N/NC(=O)CSc1nnc(-c3ccccc3F)n1C1CC1)C2(C)C. The molecule has 2 unspecified atom stereocenters. The lowest BCUT2D eigenvalue weighted by Crippen LogP contribution is -2.34. The Morgan fingerprint density at radius 1 is 1.26 bits per heavy atom. The molecule has 0 radical (unpaired) electrons. The summed E-state index contributed by atoms with van der Waals surface area (Å²) in [6, 6.07) is 6.87. The van der Waals surface area contributed by atoms with Crippen LogP contribution in [0.25, 0.3) is 11.4 Å². The van der Waals surface area contributed by atoms with E-state index in [1.54, 1.807) is 18.2 Å². The van der Waals surface area contributed by atoms with E-state index in [0.29, 0.717) is 22.5 Å². The first-order valence-corrected chi connectivity index (χ1v) is 12.0. The number of thioether (sulfide) groups is 1. The summed E-state index contributed by atoms with van der Waals surface area (Å²) >= 11 is 1.33. The Kier molecular flexibility index (Phi) is 4.95. The number of hydrazone groups is 1. The molecule has 1 aromatic carbocycles. The Labute approximate surface area is 186 Å². The lowest BCUT2D eigenvalue weighted by Gasteiger charge is -2.34. The minimum atomic E-state index is -0.316.